The van der Waals surface area contributed by atoms with E-state index in [0.29, 0.717) is 17.6 Å². The zero-order valence-corrected chi connectivity index (χ0v) is 11.1. The van der Waals surface area contributed by atoms with Gasteiger partial charge < -0.3 is 5.32 Å². The van der Waals surface area contributed by atoms with Crippen LogP contribution in [0.2, 0.25) is 5.02 Å². The Balaban J connectivity index is 2.54. The summed E-state index contributed by atoms with van der Waals surface area (Å²) in [6, 6.07) is 4.56. The van der Waals surface area contributed by atoms with Gasteiger partial charge in [0.05, 0.1) is 5.02 Å². The number of hydrogen-bond donors (Lipinski definition) is 1. The van der Waals surface area contributed by atoms with E-state index in [-0.39, 0.29) is 16.7 Å². The third-order valence-corrected chi connectivity index (χ3v) is 3.77. The summed E-state index contributed by atoms with van der Waals surface area (Å²) in [7, 11) is 1.77. The number of carbonyl (C=O) groups excluding carboxylic acids is 1. The summed E-state index contributed by atoms with van der Waals surface area (Å²) in [6.45, 7) is 1.98. The number of carbonyl (C=O) groups is 1. The lowest BCUT2D eigenvalue weighted by Gasteiger charge is -2.08. The molecule has 96 valence electrons. The molecule has 1 aliphatic rings. The normalized spacial score (nSPS) is 19.6. The first kappa shape index (κ1) is 13.1. The maximum absolute atomic E-state index is 13.5. The van der Waals surface area contributed by atoms with Crippen LogP contribution in [0.1, 0.15) is 25.3 Å². The third-order valence-electron chi connectivity index (χ3n) is 3.39. The van der Waals surface area contributed by atoms with Crippen LogP contribution in [0, 0.1) is 11.7 Å². The maximum Gasteiger partial charge on any atom is 0.168 e. The molecule has 0 radical (unpaired) electrons. The maximum atomic E-state index is 13.5. The van der Waals surface area contributed by atoms with E-state index in [4.69, 9.17) is 11.6 Å². The largest absolute Gasteiger partial charge is 0.391 e. The SMILES string of the molecule is CCC1CC(NC)=C(c2cccc(F)c2Cl)C1=O. The zero-order chi connectivity index (χ0) is 13.3. The molecule has 0 spiro atoms. The predicted molar refractivity (Wildman–Crippen MR) is 70.8 cm³/mol. The van der Waals surface area contributed by atoms with Crippen LogP contribution in [0.25, 0.3) is 5.57 Å². The summed E-state index contributed by atoms with van der Waals surface area (Å²) in [5.41, 5.74) is 1.87. The highest BCUT2D eigenvalue weighted by molar-refractivity contribution is 6.36. The van der Waals surface area contributed by atoms with Crippen LogP contribution in [0.5, 0.6) is 0 Å². The van der Waals surface area contributed by atoms with Crippen LogP contribution in [0.15, 0.2) is 23.9 Å². The van der Waals surface area contributed by atoms with Gasteiger partial charge in [-0.1, -0.05) is 30.7 Å². The fourth-order valence-electron chi connectivity index (χ4n) is 2.34. The second-order valence-corrected chi connectivity index (χ2v) is 4.76. The van der Waals surface area contributed by atoms with Gasteiger partial charge in [0.15, 0.2) is 5.78 Å². The van der Waals surface area contributed by atoms with Gasteiger partial charge in [-0.3, -0.25) is 4.79 Å². The molecule has 1 aromatic rings. The van der Waals surface area contributed by atoms with Crippen LogP contribution in [0.3, 0.4) is 0 Å². The van der Waals surface area contributed by atoms with Crippen molar-refractivity contribution in [1.29, 1.82) is 0 Å². The molecule has 0 saturated carbocycles. The first-order valence-corrected chi connectivity index (χ1v) is 6.37. The summed E-state index contributed by atoms with van der Waals surface area (Å²) in [4.78, 5) is 12.3. The van der Waals surface area contributed by atoms with Crippen molar-refractivity contribution in [2.24, 2.45) is 5.92 Å². The second kappa shape index (κ2) is 5.11. The van der Waals surface area contributed by atoms with E-state index >= 15 is 0 Å². The molecule has 1 N–H and O–H groups in total. The van der Waals surface area contributed by atoms with Crippen LogP contribution < -0.4 is 5.32 Å². The Bertz CT molecular complexity index is 525. The molecule has 1 unspecified atom stereocenters. The van der Waals surface area contributed by atoms with Gasteiger partial charge in [0.1, 0.15) is 5.82 Å². The smallest absolute Gasteiger partial charge is 0.168 e. The summed E-state index contributed by atoms with van der Waals surface area (Å²) in [6.07, 6.45) is 1.45. The number of halogens is 2. The average molecular weight is 268 g/mol. The third kappa shape index (κ3) is 2.03. The Morgan fingerprint density at radius 3 is 2.83 bits per heavy atom. The number of nitrogens with one attached hydrogen (secondary N) is 1. The molecule has 18 heavy (non-hydrogen) atoms. The Labute approximate surface area is 111 Å². The van der Waals surface area contributed by atoms with Crippen LogP contribution in [-0.2, 0) is 4.79 Å². The zero-order valence-electron chi connectivity index (χ0n) is 10.4. The van der Waals surface area contributed by atoms with Crippen molar-refractivity contribution in [2.45, 2.75) is 19.8 Å². The molecule has 0 heterocycles. The minimum Gasteiger partial charge on any atom is -0.391 e. The number of benzene rings is 1. The molecule has 1 aliphatic carbocycles. The van der Waals surface area contributed by atoms with Gasteiger partial charge in [-0.2, -0.15) is 0 Å². The van der Waals surface area contributed by atoms with E-state index in [1.54, 1.807) is 19.2 Å². The van der Waals surface area contributed by atoms with Crippen molar-refractivity contribution in [3.8, 4) is 0 Å². The van der Waals surface area contributed by atoms with Crippen molar-refractivity contribution < 1.29 is 9.18 Å². The van der Waals surface area contributed by atoms with Crippen LogP contribution in [0.4, 0.5) is 4.39 Å². The summed E-state index contributed by atoms with van der Waals surface area (Å²) >= 11 is 5.96. The van der Waals surface area contributed by atoms with E-state index in [1.165, 1.54) is 6.07 Å². The number of ketones is 1. The Hall–Kier alpha value is -1.35. The number of Topliss-reactive ketones (excluding diaryl/α,β-unsaturated/α-hetero) is 1. The molecule has 1 aromatic carbocycles. The number of rotatable bonds is 3. The van der Waals surface area contributed by atoms with E-state index in [9.17, 15) is 9.18 Å². The summed E-state index contributed by atoms with van der Waals surface area (Å²) < 4.78 is 13.5. The van der Waals surface area contributed by atoms with Gasteiger partial charge in [-0.05, 0) is 18.9 Å². The fourth-order valence-corrected chi connectivity index (χ4v) is 2.56. The van der Waals surface area contributed by atoms with Gasteiger partial charge >= 0.3 is 0 Å². The van der Waals surface area contributed by atoms with Crippen molar-refractivity contribution in [3.05, 3.63) is 40.3 Å². The molecule has 0 amide bonds. The molecule has 0 aromatic heterocycles. The van der Waals surface area contributed by atoms with Gasteiger partial charge in [-0.25, -0.2) is 4.39 Å². The standard InChI is InChI=1S/C14H15ClFNO/c1-3-8-7-11(17-2)12(14(8)18)9-5-4-6-10(16)13(9)15/h4-6,8,17H,3,7H2,1-2H3. The molecular weight excluding hydrogens is 253 g/mol. The quantitative estimate of drug-likeness (QED) is 0.909. The Kier molecular flexibility index (Phi) is 3.71. The number of allylic oxidation sites excluding steroid dienone is 2. The molecule has 4 heteroatoms. The van der Waals surface area contributed by atoms with Crippen molar-refractivity contribution in [2.75, 3.05) is 7.05 Å². The lowest BCUT2D eigenvalue weighted by atomic mass is 9.97. The second-order valence-electron chi connectivity index (χ2n) is 4.38. The monoisotopic (exact) mass is 267 g/mol. The lowest BCUT2D eigenvalue weighted by molar-refractivity contribution is -0.116. The van der Waals surface area contributed by atoms with Crippen LogP contribution in [-0.4, -0.2) is 12.8 Å². The van der Waals surface area contributed by atoms with Gasteiger partial charge in [0.25, 0.3) is 0 Å². The van der Waals surface area contributed by atoms with Crippen molar-refractivity contribution >= 4 is 23.0 Å². The Morgan fingerprint density at radius 2 is 2.22 bits per heavy atom. The first-order valence-electron chi connectivity index (χ1n) is 5.99. The molecule has 0 bridgehead atoms. The summed E-state index contributed by atoms with van der Waals surface area (Å²) in [5.74, 6) is -0.471. The molecule has 0 fully saturated rings. The lowest BCUT2D eigenvalue weighted by Crippen LogP contribution is -2.08. The molecule has 2 rings (SSSR count). The Morgan fingerprint density at radius 1 is 1.50 bits per heavy atom. The predicted octanol–water partition coefficient (Wildman–Crippen LogP) is 3.41. The molecule has 0 aliphatic heterocycles. The van der Waals surface area contributed by atoms with Crippen molar-refractivity contribution in [1.82, 2.24) is 5.32 Å². The van der Waals surface area contributed by atoms with Gasteiger partial charge in [0, 0.05) is 29.8 Å². The van der Waals surface area contributed by atoms with E-state index in [0.717, 1.165) is 12.1 Å². The van der Waals surface area contributed by atoms with Gasteiger partial charge in [-0.15, -0.1) is 0 Å². The highest BCUT2D eigenvalue weighted by Gasteiger charge is 2.33. The van der Waals surface area contributed by atoms with E-state index in [2.05, 4.69) is 5.32 Å². The van der Waals surface area contributed by atoms with E-state index < -0.39 is 5.82 Å². The molecule has 2 nitrogen and oxygen atoms in total. The minimum atomic E-state index is -0.495. The van der Waals surface area contributed by atoms with Gasteiger partial charge in [0.2, 0.25) is 0 Å². The topological polar surface area (TPSA) is 29.1 Å². The van der Waals surface area contributed by atoms with Crippen molar-refractivity contribution in [3.63, 3.8) is 0 Å². The molecular formula is C14H15ClFNO. The highest BCUT2D eigenvalue weighted by atomic mass is 35.5. The average Bonchev–Trinajstić information content (AvgIpc) is 2.69. The van der Waals surface area contributed by atoms with Crippen LogP contribution >= 0.6 is 11.6 Å². The van der Waals surface area contributed by atoms with E-state index in [1.807, 2.05) is 6.92 Å². The minimum absolute atomic E-state index is 0.0188. The highest BCUT2D eigenvalue weighted by Crippen LogP contribution is 2.38. The molecule has 0 saturated heterocycles. The first-order chi connectivity index (χ1) is 8.60. The molecule has 1 atom stereocenters. The fraction of sp³-hybridized carbons (Fsp3) is 0.357. The summed E-state index contributed by atoms with van der Waals surface area (Å²) in [5, 5.41) is 3.05. The number of hydrogen-bond acceptors (Lipinski definition) is 2.